The van der Waals surface area contributed by atoms with E-state index in [4.69, 9.17) is 4.74 Å². The molecule has 1 aromatic carbocycles. The number of nitrogens with one attached hydrogen (secondary N) is 1. The fraction of sp³-hybridized carbons (Fsp3) is 0.400. The molecule has 1 aliphatic rings. The Hall–Kier alpha value is -1.54. The molecule has 1 N–H and O–H groups in total. The minimum atomic E-state index is -4.38. The van der Waals surface area contributed by atoms with Gasteiger partial charge < -0.3 is 10.2 Å². The van der Waals surface area contributed by atoms with Gasteiger partial charge in [-0.2, -0.15) is 13.2 Å². The fourth-order valence-corrected chi connectivity index (χ4v) is 2.82. The minimum Gasteiger partial charge on any atom is -0.466 e. The van der Waals surface area contributed by atoms with Crippen LogP contribution in [0.1, 0.15) is 12.5 Å². The molecule has 0 aromatic heterocycles. The molecule has 1 heterocycles. The molecule has 1 aromatic rings. The van der Waals surface area contributed by atoms with Crippen molar-refractivity contribution in [2.45, 2.75) is 25.6 Å². The minimum absolute atomic E-state index is 0.222. The van der Waals surface area contributed by atoms with Gasteiger partial charge in [0.15, 0.2) is 0 Å². The average Bonchev–Trinajstić information content (AvgIpc) is 2.74. The molecule has 0 spiro atoms. The van der Waals surface area contributed by atoms with Crippen molar-refractivity contribution in [3.8, 4) is 0 Å². The number of hydrogen-bond donors (Lipinski definition) is 1. The molecule has 0 radical (unpaired) electrons. The zero-order chi connectivity index (χ0) is 17.2. The number of esters is 1. The normalized spacial score (nSPS) is 19.0. The Morgan fingerprint density at radius 2 is 1.96 bits per heavy atom. The van der Waals surface area contributed by atoms with Gasteiger partial charge in [0.2, 0.25) is 0 Å². The van der Waals surface area contributed by atoms with Gasteiger partial charge in [0.25, 0.3) is 0 Å². The van der Waals surface area contributed by atoms with Crippen molar-refractivity contribution in [3.63, 3.8) is 0 Å². The number of allylic oxidation sites excluding steroid dienone is 1. The lowest BCUT2D eigenvalue weighted by atomic mass is 9.98. The number of carbonyl (C=O) groups excluding carboxylic acids is 1. The van der Waals surface area contributed by atoms with Gasteiger partial charge in [0.05, 0.1) is 18.7 Å². The molecule has 0 saturated carbocycles. The van der Waals surface area contributed by atoms with E-state index < -0.39 is 24.7 Å². The quantitative estimate of drug-likeness (QED) is 0.798. The van der Waals surface area contributed by atoms with Crippen molar-refractivity contribution in [3.05, 3.63) is 45.6 Å². The highest BCUT2D eigenvalue weighted by molar-refractivity contribution is 9.10. The maximum atomic E-state index is 12.8. The van der Waals surface area contributed by atoms with Gasteiger partial charge in [-0.25, -0.2) is 9.80 Å². The molecule has 8 heteroatoms. The van der Waals surface area contributed by atoms with E-state index in [9.17, 15) is 18.0 Å². The van der Waals surface area contributed by atoms with Crippen LogP contribution in [0, 0.1) is 0 Å². The molecule has 23 heavy (non-hydrogen) atoms. The molecule has 1 unspecified atom stereocenters. The maximum Gasteiger partial charge on any atom is 0.403 e. The van der Waals surface area contributed by atoms with Crippen LogP contribution in [0.4, 0.5) is 13.2 Å². The predicted molar refractivity (Wildman–Crippen MR) is 82.2 cm³/mol. The standard InChI is InChI=1S/C15H16BrF3N2O2/c1-9-13(14(22)23-2)12(21(20-9)8-15(17,18)19)7-10-3-5-11(16)6-4-10/h3-6,12,20H,7-8H2,1-2H3. The number of carbonyl (C=O) groups is 1. The smallest absolute Gasteiger partial charge is 0.403 e. The third-order valence-electron chi connectivity index (χ3n) is 3.52. The van der Waals surface area contributed by atoms with Gasteiger partial charge in [0.1, 0.15) is 6.54 Å². The predicted octanol–water partition coefficient (Wildman–Crippen LogP) is 3.19. The lowest BCUT2D eigenvalue weighted by Gasteiger charge is -2.27. The second kappa shape index (κ2) is 6.92. The zero-order valence-corrected chi connectivity index (χ0v) is 14.2. The summed E-state index contributed by atoms with van der Waals surface area (Å²) in [5, 5.41) is 1.03. The van der Waals surface area contributed by atoms with E-state index in [1.165, 1.54) is 7.11 Å². The van der Waals surface area contributed by atoms with Crippen molar-refractivity contribution < 1.29 is 22.7 Å². The monoisotopic (exact) mass is 392 g/mol. The molecule has 0 saturated heterocycles. The highest BCUT2D eigenvalue weighted by Gasteiger charge is 2.41. The fourth-order valence-electron chi connectivity index (χ4n) is 2.56. The SMILES string of the molecule is COC(=O)C1=C(C)NN(CC(F)(F)F)C1Cc1ccc(Br)cc1. The van der Waals surface area contributed by atoms with Crippen LogP contribution in [0.3, 0.4) is 0 Å². The van der Waals surface area contributed by atoms with E-state index >= 15 is 0 Å². The van der Waals surface area contributed by atoms with Crippen LogP contribution in [0.15, 0.2) is 40.0 Å². The number of ether oxygens (including phenoxy) is 1. The molecule has 1 aliphatic heterocycles. The first-order valence-corrected chi connectivity index (χ1v) is 7.64. The Balaban J connectivity index is 2.29. The Bertz CT molecular complexity index is 614. The molecule has 126 valence electrons. The summed E-state index contributed by atoms with van der Waals surface area (Å²) in [5.41, 5.74) is 4.06. The molecular weight excluding hydrogens is 377 g/mol. The first-order valence-electron chi connectivity index (χ1n) is 6.85. The number of hydrogen-bond acceptors (Lipinski definition) is 4. The van der Waals surface area contributed by atoms with Crippen LogP contribution in [0.5, 0.6) is 0 Å². The molecule has 1 atom stereocenters. The van der Waals surface area contributed by atoms with Gasteiger partial charge in [0, 0.05) is 10.2 Å². The first kappa shape index (κ1) is 17.8. The Kier molecular flexibility index (Phi) is 5.36. The third-order valence-corrected chi connectivity index (χ3v) is 4.05. The maximum absolute atomic E-state index is 12.8. The summed E-state index contributed by atoms with van der Waals surface area (Å²) in [6, 6.07) is 6.47. The van der Waals surface area contributed by atoms with Gasteiger partial charge in [-0.05, 0) is 31.0 Å². The topological polar surface area (TPSA) is 41.6 Å². The Labute approximate surface area is 140 Å². The second-order valence-corrected chi connectivity index (χ2v) is 6.15. The summed E-state index contributed by atoms with van der Waals surface area (Å²) >= 11 is 3.31. The molecule has 4 nitrogen and oxygen atoms in total. The molecule has 0 fully saturated rings. The van der Waals surface area contributed by atoms with Crippen molar-refractivity contribution in [2.24, 2.45) is 0 Å². The van der Waals surface area contributed by atoms with Gasteiger partial charge in [-0.15, -0.1) is 0 Å². The van der Waals surface area contributed by atoms with Crippen LogP contribution in [0.2, 0.25) is 0 Å². The van der Waals surface area contributed by atoms with Crippen molar-refractivity contribution in [1.82, 2.24) is 10.4 Å². The number of rotatable bonds is 4. The second-order valence-electron chi connectivity index (χ2n) is 5.23. The molecule has 0 bridgehead atoms. The summed E-state index contributed by atoms with van der Waals surface area (Å²) < 4.78 is 44.0. The van der Waals surface area contributed by atoms with E-state index in [1.54, 1.807) is 31.2 Å². The third kappa shape index (κ3) is 4.48. The highest BCUT2D eigenvalue weighted by Crippen LogP contribution is 2.28. The van der Waals surface area contributed by atoms with Crippen LogP contribution in [-0.2, 0) is 16.0 Å². The largest absolute Gasteiger partial charge is 0.466 e. The van der Waals surface area contributed by atoms with E-state index in [0.717, 1.165) is 15.0 Å². The van der Waals surface area contributed by atoms with E-state index in [0.29, 0.717) is 5.70 Å². The van der Waals surface area contributed by atoms with Crippen LogP contribution < -0.4 is 5.43 Å². The summed E-state index contributed by atoms with van der Waals surface area (Å²) in [7, 11) is 1.21. The number of alkyl halides is 3. The summed E-state index contributed by atoms with van der Waals surface area (Å²) in [6.07, 6.45) is -4.12. The number of hydrazine groups is 1. The lowest BCUT2D eigenvalue weighted by Crippen LogP contribution is -2.46. The van der Waals surface area contributed by atoms with Crippen LogP contribution in [-0.4, -0.2) is 36.9 Å². The van der Waals surface area contributed by atoms with Crippen LogP contribution in [0.25, 0.3) is 0 Å². The summed E-state index contributed by atoms with van der Waals surface area (Å²) in [5.74, 6) is -0.623. The van der Waals surface area contributed by atoms with E-state index in [-0.39, 0.29) is 12.0 Å². The summed E-state index contributed by atoms with van der Waals surface area (Å²) in [4.78, 5) is 12.0. The Morgan fingerprint density at radius 1 is 1.35 bits per heavy atom. The molecule has 0 amide bonds. The number of benzene rings is 1. The van der Waals surface area contributed by atoms with Crippen molar-refractivity contribution in [1.29, 1.82) is 0 Å². The van der Waals surface area contributed by atoms with E-state index in [2.05, 4.69) is 21.4 Å². The van der Waals surface area contributed by atoms with Gasteiger partial charge in [-0.3, -0.25) is 0 Å². The van der Waals surface area contributed by atoms with E-state index in [1.807, 2.05) is 0 Å². The number of halogens is 4. The van der Waals surface area contributed by atoms with Crippen molar-refractivity contribution >= 4 is 21.9 Å². The van der Waals surface area contributed by atoms with Gasteiger partial charge >= 0.3 is 12.1 Å². The molecule has 2 rings (SSSR count). The van der Waals surface area contributed by atoms with Crippen LogP contribution >= 0.6 is 15.9 Å². The summed E-state index contributed by atoms with van der Waals surface area (Å²) in [6.45, 7) is 0.406. The van der Waals surface area contributed by atoms with Crippen molar-refractivity contribution in [2.75, 3.05) is 13.7 Å². The Morgan fingerprint density at radius 3 is 2.48 bits per heavy atom. The zero-order valence-electron chi connectivity index (χ0n) is 12.6. The molecule has 0 aliphatic carbocycles. The molecular formula is C15H16BrF3N2O2. The first-order chi connectivity index (χ1) is 10.7. The average molecular weight is 393 g/mol. The number of nitrogens with zero attached hydrogens (tertiary/aromatic N) is 1. The highest BCUT2D eigenvalue weighted by atomic mass is 79.9. The number of methoxy groups -OCH3 is 1. The van der Waals surface area contributed by atoms with Gasteiger partial charge in [-0.1, -0.05) is 28.1 Å². The lowest BCUT2D eigenvalue weighted by molar-refractivity contribution is -0.154.